The molecule has 2 aromatic carbocycles. The zero-order chi connectivity index (χ0) is 40.8. The molecule has 4 aliphatic rings. The highest BCUT2D eigenvalue weighted by Crippen LogP contribution is 2.31. The molecule has 3 unspecified atom stereocenters. The van der Waals surface area contributed by atoms with E-state index in [0.29, 0.717) is 5.92 Å². The average Bonchev–Trinajstić information content (AvgIpc) is 4.13. The van der Waals surface area contributed by atoms with E-state index in [1.165, 1.54) is 58.6 Å². The number of aromatic nitrogens is 6. The number of carbonyl (C=O) groups is 1. The summed E-state index contributed by atoms with van der Waals surface area (Å²) in [5, 5.41) is 24.6. The molecular formula is C48H62N8O4. The first-order valence-electron chi connectivity index (χ1n) is 22.6. The van der Waals surface area contributed by atoms with Gasteiger partial charge in [-0.15, -0.1) is 0 Å². The largest absolute Gasteiger partial charge is 0.393 e. The zero-order valence-corrected chi connectivity index (χ0v) is 35.2. The van der Waals surface area contributed by atoms with Crippen LogP contribution in [0.2, 0.25) is 0 Å². The summed E-state index contributed by atoms with van der Waals surface area (Å²) in [7, 11) is 0. The maximum atomic E-state index is 12.2. The first kappa shape index (κ1) is 40.6. The van der Waals surface area contributed by atoms with Crippen LogP contribution in [-0.2, 0) is 27.4 Å². The molecule has 0 spiro atoms. The van der Waals surface area contributed by atoms with Gasteiger partial charge in [0.25, 0.3) is 0 Å². The minimum absolute atomic E-state index is 0.0612. The second kappa shape index (κ2) is 18.9. The van der Waals surface area contributed by atoms with Crippen LogP contribution in [0.3, 0.4) is 0 Å². The molecule has 0 bridgehead atoms. The van der Waals surface area contributed by atoms with Gasteiger partial charge in [0.15, 0.2) is 0 Å². The molecule has 12 nitrogen and oxygen atoms in total. The van der Waals surface area contributed by atoms with Gasteiger partial charge in [-0.3, -0.25) is 4.79 Å². The fourth-order valence-corrected chi connectivity index (χ4v) is 9.60. The second-order valence-electron chi connectivity index (χ2n) is 17.6. The van der Waals surface area contributed by atoms with Crippen LogP contribution in [0.4, 0.5) is 0 Å². The Morgan fingerprint density at radius 2 is 1.22 bits per heavy atom. The average molecular weight is 815 g/mol. The summed E-state index contributed by atoms with van der Waals surface area (Å²) >= 11 is 0. The molecule has 0 radical (unpaired) electrons. The van der Waals surface area contributed by atoms with Crippen molar-refractivity contribution in [2.45, 2.75) is 109 Å². The van der Waals surface area contributed by atoms with Gasteiger partial charge in [0, 0.05) is 97.1 Å². The van der Waals surface area contributed by atoms with E-state index in [1.807, 2.05) is 26.7 Å². The van der Waals surface area contributed by atoms with Gasteiger partial charge in [-0.1, -0.05) is 12.1 Å². The van der Waals surface area contributed by atoms with E-state index >= 15 is 0 Å². The number of aliphatic hydroxyl groups is 1. The normalized spacial score (nSPS) is 21.3. The van der Waals surface area contributed by atoms with E-state index in [4.69, 9.17) is 9.47 Å². The predicted molar refractivity (Wildman–Crippen MR) is 235 cm³/mol. The van der Waals surface area contributed by atoms with E-state index in [-0.39, 0.29) is 24.8 Å². The lowest BCUT2D eigenvalue weighted by Gasteiger charge is -2.32. The molecule has 3 atom stereocenters. The summed E-state index contributed by atoms with van der Waals surface area (Å²) < 4.78 is 20.4. The predicted octanol–water partition coefficient (Wildman–Crippen LogP) is 8.42. The fraction of sp³-hybridized carbons (Fsp3) is 0.521. The molecule has 12 heteroatoms. The Morgan fingerprint density at radius 3 is 1.70 bits per heavy atom. The van der Waals surface area contributed by atoms with Crippen LogP contribution in [0.1, 0.15) is 90.0 Å². The van der Waals surface area contributed by atoms with Crippen LogP contribution >= 0.6 is 0 Å². The topological polar surface area (TPSA) is 117 Å². The first-order chi connectivity index (χ1) is 29.4. The minimum atomic E-state index is -0.568. The van der Waals surface area contributed by atoms with E-state index in [9.17, 15) is 9.90 Å². The highest BCUT2D eigenvalue weighted by atomic mass is 16.5. The van der Waals surface area contributed by atoms with Crippen LogP contribution < -0.4 is 5.32 Å². The van der Waals surface area contributed by atoms with Gasteiger partial charge in [0.1, 0.15) is 12.5 Å². The number of hydrogen-bond acceptors (Lipinski definition) is 7. The molecule has 60 heavy (non-hydrogen) atoms. The molecule has 8 heterocycles. The van der Waals surface area contributed by atoms with Crippen molar-refractivity contribution in [3.63, 3.8) is 0 Å². The molecule has 0 aliphatic carbocycles. The SMILES string of the molecule is CC(O)CC(=O)N1CCC(Cn2ccc3cc(-c4cnn(C5CCCCO5)c4)ccc32)CC1.c1cc2c(ccn2CC2CCNCC2)cc1-c1cnn(C2CCCCO2)c1. The maximum absolute atomic E-state index is 12.2. The van der Waals surface area contributed by atoms with Crippen molar-refractivity contribution < 1.29 is 19.4 Å². The summed E-state index contributed by atoms with van der Waals surface area (Å²) in [6.07, 6.45) is 23.7. The van der Waals surface area contributed by atoms with Crippen molar-refractivity contribution >= 4 is 27.7 Å². The monoisotopic (exact) mass is 814 g/mol. The maximum Gasteiger partial charge on any atom is 0.225 e. The van der Waals surface area contributed by atoms with Gasteiger partial charge < -0.3 is 33.9 Å². The summed E-state index contributed by atoms with van der Waals surface area (Å²) in [5.74, 6) is 1.42. The third-order valence-electron chi connectivity index (χ3n) is 13.1. The van der Waals surface area contributed by atoms with E-state index in [2.05, 4.69) is 98.0 Å². The van der Waals surface area contributed by atoms with E-state index in [0.717, 1.165) is 108 Å². The first-order valence-corrected chi connectivity index (χ1v) is 22.6. The molecule has 1 amide bonds. The molecule has 10 rings (SSSR count). The van der Waals surface area contributed by atoms with Crippen LogP contribution in [0, 0.1) is 11.8 Å². The lowest BCUT2D eigenvalue weighted by Crippen LogP contribution is -2.40. The highest BCUT2D eigenvalue weighted by molar-refractivity contribution is 5.86. The van der Waals surface area contributed by atoms with Crippen molar-refractivity contribution in [3.8, 4) is 22.3 Å². The van der Waals surface area contributed by atoms with Crippen molar-refractivity contribution in [2.75, 3.05) is 39.4 Å². The number of rotatable bonds is 10. The van der Waals surface area contributed by atoms with Gasteiger partial charge in [-0.25, -0.2) is 9.36 Å². The van der Waals surface area contributed by atoms with Crippen LogP contribution in [0.15, 0.2) is 85.7 Å². The summed E-state index contributed by atoms with van der Waals surface area (Å²) in [6.45, 7) is 9.31. The number of benzene rings is 2. The molecule has 318 valence electrons. The smallest absolute Gasteiger partial charge is 0.225 e. The number of likely N-dealkylation sites (tertiary alicyclic amines) is 1. The van der Waals surface area contributed by atoms with Crippen molar-refractivity contribution in [3.05, 3.63) is 85.7 Å². The number of piperidine rings is 2. The van der Waals surface area contributed by atoms with Crippen molar-refractivity contribution in [1.82, 2.24) is 38.9 Å². The molecule has 4 saturated heterocycles. The molecule has 4 aromatic heterocycles. The number of nitrogens with one attached hydrogen (secondary N) is 1. The zero-order valence-electron chi connectivity index (χ0n) is 35.2. The molecule has 0 saturated carbocycles. The van der Waals surface area contributed by atoms with Gasteiger partial charge in [-0.2, -0.15) is 10.2 Å². The Labute approximate surface area is 353 Å². The lowest BCUT2D eigenvalue weighted by atomic mass is 9.96. The molecule has 4 aliphatic heterocycles. The van der Waals surface area contributed by atoms with Crippen LogP contribution in [0.5, 0.6) is 0 Å². The Kier molecular flexibility index (Phi) is 12.8. The highest BCUT2D eigenvalue weighted by Gasteiger charge is 2.25. The van der Waals surface area contributed by atoms with Crippen LogP contribution in [0.25, 0.3) is 44.1 Å². The Morgan fingerprint density at radius 1 is 0.700 bits per heavy atom. The van der Waals surface area contributed by atoms with Crippen molar-refractivity contribution in [1.29, 1.82) is 0 Å². The lowest BCUT2D eigenvalue weighted by molar-refractivity contribution is -0.134. The third kappa shape index (κ3) is 9.57. The number of amides is 1. The Bertz CT molecular complexity index is 2310. The summed E-state index contributed by atoms with van der Waals surface area (Å²) in [4.78, 5) is 14.1. The Hall–Kier alpha value is -4.75. The molecule has 6 aromatic rings. The summed E-state index contributed by atoms with van der Waals surface area (Å²) in [5.41, 5.74) is 7.26. The molecule has 4 fully saturated rings. The number of fused-ring (bicyclic) bond motifs is 2. The van der Waals surface area contributed by atoms with E-state index in [1.54, 1.807) is 6.92 Å². The van der Waals surface area contributed by atoms with Crippen molar-refractivity contribution in [2.24, 2.45) is 11.8 Å². The van der Waals surface area contributed by atoms with E-state index < -0.39 is 6.10 Å². The molecular weight excluding hydrogens is 753 g/mol. The number of hydrogen-bond donors (Lipinski definition) is 2. The fourth-order valence-electron chi connectivity index (χ4n) is 9.60. The summed E-state index contributed by atoms with van der Waals surface area (Å²) in [6, 6.07) is 17.8. The van der Waals surface area contributed by atoms with Gasteiger partial charge in [0.2, 0.25) is 5.91 Å². The number of aliphatic hydroxyl groups excluding tert-OH is 1. The van der Waals surface area contributed by atoms with Gasteiger partial charge >= 0.3 is 0 Å². The second-order valence-corrected chi connectivity index (χ2v) is 17.6. The Balaban J connectivity index is 0.000000157. The quantitative estimate of drug-likeness (QED) is 0.143. The molecule has 2 N–H and O–H groups in total. The third-order valence-corrected chi connectivity index (χ3v) is 13.1. The van der Waals surface area contributed by atoms with Crippen LogP contribution in [-0.4, -0.2) is 90.1 Å². The van der Waals surface area contributed by atoms with Gasteiger partial charge in [-0.05, 0) is 144 Å². The van der Waals surface area contributed by atoms with Gasteiger partial charge in [0.05, 0.1) is 24.9 Å². The number of nitrogens with zero attached hydrogens (tertiary/aromatic N) is 7. The standard InChI is InChI=1S/C26H34N4O3.C22H28N4O/c1-19(31)14-25(32)28-10-7-20(8-11-28)17-29-12-9-22-15-21(5-6-24(22)29)23-16-27-30(18-23)26-4-2-3-13-33-26;1-2-12-27-22(3-1)26-16-20(14-24-26)18-4-5-21-19(13-18)8-11-25(21)15-17-6-9-23-10-7-17/h5-6,9,12,15-16,18-20,26,31H,2-4,7-8,10-11,13-14,17H2,1H3;4-5,8,11,13-14,16-17,22-23H,1-3,6-7,9-10,12,15H2. The minimum Gasteiger partial charge on any atom is -0.393 e. The number of carbonyl (C=O) groups excluding carboxylic acids is 1. The number of ether oxygens (including phenoxy) is 2.